The highest BCUT2D eigenvalue weighted by atomic mass is 19.4. The number of hydrogen-bond donors (Lipinski definition) is 1. The molecule has 8 heteroatoms. The summed E-state index contributed by atoms with van der Waals surface area (Å²) in [7, 11) is 0. The van der Waals surface area contributed by atoms with Gasteiger partial charge in [-0.3, -0.25) is 9.36 Å². The number of aromatic nitrogens is 2. The van der Waals surface area contributed by atoms with Gasteiger partial charge in [0.1, 0.15) is 0 Å². The highest BCUT2D eigenvalue weighted by Gasteiger charge is 2.49. The van der Waals surface area contributed by atoms with Gasteiger partial charge in [0.05, 0.1) is 16.6 Å². The zero-order valence-electron chi connectivity index (χ0n) is 16.7. The van der Waals surface area contributed by atoms with E-state index in [0.717, 1.165) is 17.1 Å². The molecule has 1 amide bonds. The van der Waals surface area contributed by atoms with Crippen LogP contribution >= 0.6 is 0 Å². The van der Waals surface area contributed by atoms with Gasteiger partial charge in [-0.15, -0.1) is 0 Å². The number of alkyl halides is 3. The molecule has 1 aliphatic heterocycles. The minimum atomic E-state index is -4.42. The van der Waals surface area contributed by atoms with Crippen molar-refractivity contribution in [3.05, 3.63) is 70.1 Å². The van der Waals surface area contributed by atoms with Crippen LogP contribution in [0.3, 0.4) is 0 Å². The van der Waals surface area contributed by atoms with E-state index in [1.807, 2.05) is 24.3 Å². The lowest BCUT2D eigenvalue weighted by Gasteiger charge is -2.33. The normalized spacial score (nSPS) is 22.1. The summed E-state index contributed by atoms with van der Waals surface area (Å²) in [6.07, 6.45) is -2.68. The van der Waals surface area contributed by atoms with Gasteiger partial charge in [-0.05, 0) is 48.9 Å². The number of benzene rings is 2. The second kappa shape index (κ2) is 7.28. The van der Waals surface area contributed by atoms with Crippen LogP contribution in [0.25, 0.3) is 11.0 Å². The highest BCUT2D eigenvalue weighted by Crippen LogP contribution is 2.52. The van der Waals surface area contributed by atoms with Gasteiger partial charge in [-0.2, -0.15) is 13.2 Å². The van der Waals surface area contributed by atoms with E-state index in [2.05, 4.69) is 4.98 Å². The van der Waals surface area contributed by atoms with Crippen LogP contribution in [-0.4, -0.2) is 33.4 Å². The molecule has 1 saturated heterocycles. The van der Waals surface area contributed by atoms with Crippen molar-refractivity contribution in [2.75, 3.05) is 13.1 Å². The number of carbonyl (C=O) groups excluding carboxylic acids is 1. The Morgan fingerprint density at radius 2 is 1.68 bits per heavy atom. The van der Waals surface area contributed by atoms with Gasteiger partial charge in [0.25, 0.3) is 0 Å². The average Bonchev–Trinajstić information content (AvgIpc) is 3.48. The Kier molecular flexibility index (Phi) is 4.68. The first-order valence-electron chi connectivity index (χ1n) is 10.5. The topological polar surface area (TPSA) is 58.1 Å². The standard InChI is InChI=1S/C23H22F3N3O2/c24-23(25,26)18-6-2-1-5-15(18)16-13-17(16)21(30)28-11-9-14(10-12-28)29-20-8-4-3-7-19(20)27-22(29)31/h1-8,14,16-17H,9-13H2,(H,27,31). The monoisotopic (exact) mass is 429 g/mol. The number of nitrogens with one attached hydrogen (secondary N) is 1. The van der Waals surface area contributed by atoms with Gasteiger partial charge in [-0.1, -0.05) is 30.3 Å². The van der Waals surface area contributed by atoms with Gasteiger partial charge in [0.15, 0.2) is 0 Å². The van der Waals surface area contributed by atoms with Gasteiger partial charge in [-0.25, -0.2) is 4.79 Å². The Morgan fingerprint density at radius 1 is 1.00 bits per heavy atom. The molecule has 2 aromatic carbocycles. The fraction of sp³-hybridized carbons (Fsp3) is 0.391. The molecule has 2 atom stereocenters. The molecule has 3 aromatic rings. The quantitative estimate of drug-likeness (QED) is 0.674. The maximum atomic E-state index is 13.3. The molecule has 5 nitrogen and oxygen atoms in total. The Bertz CT molecular complexity index is 1190. The van der Waals surface area contributed by atoms with Crippen molar-refractivity contribution in [3.8, 4) is 0 Å². The van der Waals surface area contributed by atoms with Crippen LogP contribution in [0.2, 0.25) is 0 Å². The van der Waals surface area contributed by atoms with Crippen LogP contribution in [0, 0.1) is 5.92 Å². The molecule has 162 valence electrons. The van der Waals surface area contributed by atoms with Gasteiger partial charge in [0, 0.05) is 25.0 Å². The number of piperidine rings is 1. The average molecular weight is 429 g/mol. The van der Waals surface area contributed by atoms with Crippen LogP contribution in [0.1, 0.15) is 42.3 Å². The van der Waals surface area contributed by atoms with Gasteiger partial charge >= 0.3 is 11.9 Å². The van der Waals surface area contributed by atoms with Crippen molar-refractivity contribution in [2.24, 2.45) is 5.92 Å². The fourth-order valence-corrected chi connectivity index (χ4v) is 4.91. The van der Waals surface area contributed by atoms with Crippen LogP contribution in [0.4, 0.5) is 13.2 Å². The summed E-state index contributed by atoms with van der Waals surface area (Å²) < 4.78 is 41.7. The molecule has 31 heavy (non-hydrogen) atoms. The summed E-state index contributed by atoms with van der Waals surface area (Å²) in [4.78, 5) is 30.0. The first-order chi connectivity index (χ1) is 14.8. The van der Waals surface area contributed by atoms with E-state index >= 15 is 0 Å². The van der Waals surface area contributed by atoms with Crippen molar-refractivity contribution < 1.29 is 18.0 Å². The Labute approximate surface area is 176 Å². The lowest BCUT2D eigenvalue weighted by atomic mass is 10.0. The third-order valence-electron chi connectivity index (χ3n) is 6.54. The van der Waals surface area contributed by atoms with E-state index in [1.54, 1.807) is 15.5 Å². The van der Waals surface area contributed by atoms with Crippen molar-refractivity contribution in [1.82, 2.24) is 14.5 Å². The van der Waals surface area contributed by atoms with Crippen molar-refractivity contribution in [1.29, 1.82) is 0 Å². The largest absolute Gasteiger partial charge is 0.416 e. The molecule has 0 bridgehead atoms. The van der Waals surface area contributed by atoms with Crippen molar-refractivity contribution in [3.63, 3.8) is 0 Å². The van der Waals surface area contributed by atoms with E-state index < -0.39 is 17.7 Å². The number of halogens is 3. The summed E-state index contributed by atoms with van der Waals surface area (Å²) >= 11 is 0. The second-order valence-corrected chi connectivity index (χ2v) is 8.41. The number of imidazole rings is 1. The number of nitrogens with zero attached hydrogens (tertiary/aromatic N) is 2. The van der Waals surface area contributed by atoms with Gasteiger partial charge < -0.3 is 9.88 Å². The molecule has 1 aromatic heterocycles. The van der Waals surface area contributed by atoms with Crippen molar-refractivity contribution in [2.45, 2.75) is 37.4 Å². The molecule has 0 radical (unpaired) electrons. The molecular weight excluding hydrogens is 407 g/mol. The van der Waals surface area contributed by atoms with Gasteiger partial charge in [0.2, 0.25) is 5.91 Å². The summed E-state index contributed by atoms with van der Waals surface area (Å²) in [5.74, 6) is -0.846. The second-order valence-electron chi connectivity index (χ2n) is 8.41. The Balaban J connectivity index is 1.27. The first-order valence-corrected chi connectivity index (χ1v) is 10.5. The summed E-state index contributed by atoms with van der Waals surface area (Å²) in [5, 5.41) is 0. The highest BCUT2D eigenvalue weighted by molar-refractivity contribution is 5.83. The molecular formula is C23H22F3N3O2. The molecule has 1 saturated carbocycles. The Hall–Kier alpha value is -3.03. The lowest BCUT2D eigenvalue weighted by molar-refractivity contribution is -0.139. The minimum absolute atomic E-state index is 0.00587. The zero-order chi connectivity index (χ0) is 21.8. The van der Waals surface area contributed by atoms with E-state index in [0.29, 0.717) is 32.4 Å². The van der Waals surface area contributed by atoms with Crippen LogP contribution in [-0.2, 0) is 11.0 Å². The molecule has 1 aliphatic carbocycles. The summed E-state index contributed by atoms with van der Waals surface area (Å²) in [6.45, 7) is 0.999. The molecule has 2 aliphatic rings. The lowest BCUT2D eigenvalue weighted by Crippen LogP contribution is -2.41. The molecule has 2 fully saturated rings. The van der Waals surface area contributed by atoms with E-state index in [1.165, 1.54) is 12.1 Å². The van der Waals surface area contributed by atoms with E-state index in [9.17, 15) is 22.8 Å². The van der Waals surface area contributed by atoms with Crippen LogP contribution < -0.4 is 5.69 Å². The third-order valence-corrected chi connectivity index (χ3v) is 6.54. The molecule has 2 unspecified atom stereocenters. The number of H-pyrrole nitrogens is 1. The zero-order valence-corrected chi connectivity index (χ0v) is 16.7. The fourth-order valence-electron chi connectivity index (χ4n) is 4.91. The number of hydrogen-bond acceptors (Lipinski definition) is 2. The number of carbonyl (C=O) groups is 1. The van der Waals surface area contributed by atoms with Crippen LogP contribution in [0.15, 0.2) is 53.3 Å². The number of rotatable bonds is 3. The Morgan fingerprint density at radius 3 is 2.42 bits per heavy atom. The van der Waals surface area contributed by atoms with Crippen molar-refractivity contribution >= 4 is 16.9 Å². The summed E-state index contributed by atoms with van der Waals surface area (Å²) in [6, 6.07) is 13.0. The number of amides is 1. The predicted octanol–water partition coefficient (Wildman–Crippen LogP) is 4.32. The summed E-state index contributed by atoms with van der Waals surface area (Å²) in [5.41, 5.74) is 1.05. The first kappa shape index (κ1) is 19.9. The maximum absolute atomic E-state index is 13.3. The number of para-hydroxylation sites is 2. The SMILES string of the molecule is O=C(C1CC1c1ccccc1C(F)(F)F)N1CCC(n2c(=O)[nH]c3ccccc32)CC1. The number of likely N-dealkylation sites (tertiary alicyclic amines) is 1. The smallest absolute Gasteiger partial charge is 0.342 e. The van der Waals surface area contributed by atoms with E-state index in [-0.39, 0.29) is 29.1 Å². The maximum Gasteiger partial charge on any atom is 0.416 e. The third kappa shape index (κ3) is 3.54. The van der Waals surface area contributed by atoms with Crippen LogP contribution in [0.5, 0.6) is 0 Å². The molecule has 0 spiro atoms. The van der Waals surface area contributed by atoms with E-state index in [4.69, 9.17) is 0 Å². The predicted molar refractivity (Wildman–Crippen MR) is 110 cm³/mol. The minimum Gasteiger partial charge on any atom is -0.342 e. The molecule has 1 N–H and O–H groups in total. The number of aromatic amines is 1. The molecule has 5 rings (SSSR count). The number of fused-ring (bicyclic) bond motifs is 1. The molecule has 2 heterocycles.